The highest BCUT2D eigenvalue weighted by atomic mass is 79.9. The van der Waals surface area contributed by atoms with Gasteiger partial charge in [0, 0.05) is 39.1 Å². The lowest BCUT2D eigenvalue weighted by molar-refractivity contribution is 0.415. The van der Waals surface area contributed by atoms with E-state index in [0.717, 1.165) is 60.3 Å². The van der Waals surface area contributed by atoms with Crippen LogP contribution in [0, 0.1) is 0 Å². The number of para-hydroxylation sites is 2. The summed E-state index contributed by atoms with van der Waals surface area (Å²) in [5.41, 5.74) is 1.14. The normalized spacial score (nSPS) is 17.4. The lowest BCUT2D eigenvalue weighted by atomic mass is 10.2. The summed E-state index contributed by atoms with van der Waals surface area (Å²) in [4.78, 5) is 6.68. The van der Waals surface area contributed by atoms with Crippen LogP contribution in [0.15, 0.2) is 50.5 Å². The highest BCUT2D eigenvalue weighted by Gasteiger charge is 2.25. The molecule has 0 bridgehead atoms. The molecule has 1 aromatic heterocycles. The largest absolute Gasteiger partial charge is 0.495 e. The zero-order chi connectivity index (χ0) is 18.4. The van der Waals surface area contributed by atoms with E-state index in [4.69, 9.17) is 9.15 Å². The zero-order valence-corrected chi connectivity index (χ0v) is 16.8. The van der Waals surface area contributed by atoms with E-state index < -0.39 is 0 Å². The Balaban J connectivity index is 1.49. The van der Waals surface area contributed by atoms with Crippen molar-refractivity contribution in [2.45, 2.75) is 18.9 Å². The Bertz CT molecular complexity index is 747. The molecule has 6 nitrogen and oxygen atoms in total. The Labute approximate surface area is 162 Å². The molecule has 1 aliphatic rings. The van der Waals surface area contributed by atoms with Gasteiger partial charge in [-0.1, -0.05) is 12.1 Å². The second kappa shape index (κ2) is 8.98. The monoisotopic (exact) mass is 420 g/mol. The number of rotatable bonds is 6. The van der Waals surface area contributed by atoms with Gasteiger partial charge in [0.05, 0.1) is 12.8 Å². The molecule has 1 fully saturated rings. The maximum atomic E-state index is 5.52. The first-order chi connectivity index (χ1) is 12.7. The summed E-state index contributed by atoms with van der Waals surface area (Å²) < 4.78 is 11.8. The number of guanidine groups is 1. The number of ether oxygens (including phenoxy) is 1. The van der Waals surface area contributed by atoms with Crippen LogP contribution in [0.5, 0.6) is 5.75 Å². The van der Waals surface area contributed by atoms with E-state index in [9.17, 15) is 0 Å². The van der Waals surface area contributed by atoms with E-state index in [-0.39, 0.29) is 0 Å². The van der Waals surface area contributed by atoms with Gasteiger partial charge in [0.25, 0.3) is 0 Å². The van der Waals surface area contributed by atoms with Gasteiger partial charge < -0.3 is 24.7 Å². The van der Waals surface area contributed by atoms with Gasteiger partial charge in [-0.2, -0.15) is 0 Å². The molecule has 26 heavy (non-hydrogen) atoms. The standard InChI is InChI=1S/C19H25BrN4O2/c1-21-19(22-11-9-15-7-8-18(20)26-15)23-14-10-12-24(13-14)16-5-3-4-6-17(16)25-2/h3-8,14H,9-13H2,1-2H3,(H2,21,22,23). The van der Waals surface area contributed by atoms with Crippen LogP contribution in [0.3, 0.4) is 0 Å². The number of nitrogens with one attached hydrogen (secondary N) is 2. The van der Waals surface area contributed by atoms with Crippen LogP contribution in [-0.2, 0) is 6.42 Å². The van der Waals surface area contributed by atoms with Crippen LogP contribution in [0.2, 0.25) is 0 Å². The number of halogens is 1. The third kappa shape index (κ3) is 4.72. The third-order valence-electron chi connectivity index (χ3n) is 4.47. The molecule has 2 N–H and O–H groups in total. The van der Waals surface area contributed by atoms with E-state index in [2.05, 4.69) is 42.5 Å². The van der Waals surface area contributed by atoms with Crippen molar-refractivity contribution in [1.29, 1.82) is 0 Å². The second-order valence-corrected chi connectivity index (χ2v) is 6.98. The van der Waals surface area contributed by atoms with E-state index in [1.807, 2.05) is 30.3 Å². The molecule has 0 radical (unpaired) electrons. The van der Waals surface area contributed by atoms with Crippen LogP contribution < -0.4 is 20.3 Å². The highest BCUT2D eigenvalue weighted by molar-refractivity contribution is 9.10. The summed E-state index contributed by atoms with van der Waals surface area (Å²) in [7, 11) is 3.51. The average molecular weight is 421 g/mol. The topological polar surface area (TPSA) is 62.0 Å². The van der Waals surface area contributed by atoms with Crippen LogP contribution >= 0.6 is 15.9 Å². The first-order valence-electron chi connectivity index (χ1n) is 8.79. The lowest BCUT2D eigenvalue weighted by Crippen LogP contribution is -2.45. The van der Waals surface area contributed by atoms with Crippen molar-refractivity contribution in [3.8, 4) is 5.75 Å². The molecule has 3 rings (SSSR count). The number of furan rings is 1. The molecule has 0 saturated carbocycles. The van der Waals surface area contributed by atoms with Gasteiger partial charge in [-0.05, 0) is 46.6 Å². The Hall–Kier alpha value is -2.15. The van der Waals surface area contributed by atoms with E-state index in [0.29, 0.717) is 6.04 Å². The predicted octanol–water partition coefficient (Wildman–Crippen LogP) is 3.04. The summed E-state index contributed by atoms with van der Waals surface area (Å²) in [6.07, 6.45) is 1.87. The third-order valence-corrected chi connectivity index (χ3v) is 4.90. The molecule has 1 unspecified atom stereocenters. The number of aliphatic imine (C=N–C) groups is 1. The summed E-state index contributed by atoms with van der Waals surface area (Å²) in [6, 6.07) is 12.4. The van der Waals surface area contributed by atoms with Crippen molar-refractivity contribution in [3.05, 3.63) is 46.8 Å². The molecular weight excluding hydrogens is 396 g/mol. The van der Waals surface area contributed by atoms with Gasteiger partial charge >= 0.3 is 0 Å². The SMILES string of the molecule is CN=C(NCCc1ccc(Br)o1)NC1CCN(c2ccccc2OC)C1. The van der Waals surface area contributed by atoms with Crippen molar-refractivity contribution < 1.29 is 9.15 Å². The molecule has 7 heteroatoms. The highest BCUT2D eigenvalue weighted by Crippen LogP contribution is 2.30. The molecule has 2 heterocycles. The summed E-state index contributed by atoms with van der Waals surface area (Å²) in [6.45, 7) is 2.68. The minimum Gasteiger partial charge on any atom is -0.495 e. The Morgan fingerprint density at radius 2 is 2.19 bits per heavy atom. The summed E-state index contributed by atoms with van der Waals surface area (Å²) >= 11 is 3.32. The molecule has 0 spiro atoms. The molecule has 0 aliphatic carbocycles. The maximum Gasteiger partial charge on any atom is 0.191 e. The number of benzene rings is 1. The van der Waals surface area contributed by atoms with Gasteiger partial charge in [-0.25, -0.2) is 0 Å². The molecule has 2 aromatic rings. The summed E-state index contributed by atoms with van der Waals surface area (Å²) in [5.74, 6) is 2.69. The molecule has 1 aromatic carbocycles. The van der Waals surface area contributed by atoms with Gasteiger partial charge in [-0.3, -0.25) is 4.99 Å². The Kier molecular flexibility index (Phi) is 6.44. The number of nitrogens with zero attached hydrogens (tertiary/aromatic N) is 2. The average Bonchev–Trinajstić information content (AvgIpc) is 3.29. The van der Waals surface area contributed by atoms with E-state index in [1.165, 1.54) is 0 Å². The summed E-state index contributed by atoms with van der Waals surface area (Å²) in [5, 5.41) is 6.86. The van der Waals surface area contributed by atoms with Crippen molar-refractivity contribution in [2.24, 2.45) is 4.99 Å². The maximum absolute atomic E-state index is 5.52. The smallest absolute Gasteiger partial charge is 0.191 e. The van der Waals surface area contributed by atoms with Crippen LogP contribution in [0.4, 0.5) is 5.69 Å². The van der Waals surface area contributed by atoms with Gasteiger partial charge in [0.1, 0.15) is 11.5 Å². The fourth-order valence-corrected chi connectivity index (χ4v) is 3.51. The molecule has 1 aliphatic heterocycles. The van der Waals surface area contributed by atoms with Crippen LogP contribution in [-0.4, -0.2) is 45.8 Å². The van der Waals surface area contributed by atoms with Gasteiger partial charge in [0.2, 0.25) is 0 Å². The van der Waals surface area contributed by atoms with Crippen molar-refractivity contribution in [1.82, 2.24) is 10.6 Å². The number of hydrogen-bond acceptors (Lipinski definition) is 4. The molecular formula is C19H25BrN4O2. The number of hydrogen-bond donors (Lipinski definition) is 2. The van der Waals surface area contributed by atoms with Gasteiger partial charge in [0.15, 0.2) is 10.6 Å². The fraction of sp³-hybridized carbons (Fsp3) is 0.421. The van der Waals surface area contributed by atoms with Gasteiger partial charge in [-0.15, -0.1) is 0 Å². The quantitative estimate of drug-likeness (QED) is 0.555. The van der Waals surface area contributed by atoms with Crippen LogP contribution in [0.1, 0.15) is 12.2 Å². The molecule has 0 amide bonds. The minimum absolute atomic E-state index is 0.351. The minimum atomic E-state index is 0.351. The molecule has 140 valence electrons. The van der Waals surface area contributed by atoms with E-state index >= 15 is 0 Å². The first-order valence-corrected chi connectivity index (χ1v) is 9.58. The van der Waals surface area contributed by atoms with Crippen molar-refractivity contribution >= 4 is 27.6 Å². The number of methoxy groups -OCH3 is 1. The first kappa shape index (κ1) is 18.6. The molecule has 1 saturated heterocycles. The van der Waals surface area contributed by atoms with Crippen molar-refractivity contribution in [2.75, 3.05) is 38.7 Å². The molecule has 1 atom stereocenters. The van der Waals surface area contributed by atoms with E-state index in [1.54, 1.807) is 14.2 Å². The Morgan fingerprint density at radius 1 is 1.35 bits per heavy atom. The Morgan fingerprint density at radius 3 is 2.92 bits per heavy atom. The lowest BCUT2D eigenvalue weighted by Gasteiger charge is -2.22. The van der Waals surface area contributed by atoms with Crippen LogP contribution in [0.25, 0.3) is 0 Å². The fourth-order valence-electron chi connectivity index (χ4n) is 3.17. The van der Waals surface area contributed by atoms with Crippen molar-refractivity contribution in [3.63, 3.8) is 0 Å². The zero-order valence-electron chi connectivity index (χ0n) is 15.2. The number of anilines is 1. The second-order valence-electron chi connectivity index (χ2n) is 6.20. The predicted molar refractivity (Wildman–Crippen MR) is 108 cm³/mol.